The summed E-state index contributed by atoms with van der Waals surface area (Å²) in [6.07, 6.45) is 11.5. The van der Waals surface area contributed by atoms with Gasteiger partial charge in [-0.2, -0.15) is 0 Å². The minimum absolute atomic E-state index is 0.645. The molecular formula is C43H41N3. The third kappa shape index (κ3) is 7.27. The second kappa shape index (κ2) is 15.0. The summed E-state index contributed by atoms with van der Waals surface area (Å²) < 4.78 is 0. The molecule has 0 atom stereocenters. The number of nitrogens with zero attached hydrogens (tertiary/aromatic N) is 3. The normalized spacial score (nSPS) is 11.3. The van der Waals surface area contributed by atoms with Crippen molar-refractivity contribution in [1.82, 2.24) is 9.97 Å². The lowest BCUT2D eigenvalue weighted by atomic mass is 9.87. The molecule has 46 heavy (non-hydrogen) atoms. The largest absolute Gasteiger partial charge is 0.301 e. The van der Waals surface area contributed by atoms with E-state index in [1.807, 2.05) is 62.8 Å². The molecule has 0 aliphatic carbocycles. The van der Waals surface area contributed by atoms with Gasteiger partial charge in [-0.3, -0.25) is 9.97 Å². The number of hydrogen-bond donors (Lipinski definition) is 0. The van der Waals surface area contributed by atoms with Gasteiger partial charge in [-0.05, 0) is 105 Å². The van der Waals surface area contributed by atoms with Crippen molar-refractivity contribution in [2.75, 3.05) is 7.05 Å². The fourth-order valence-electron chi connectivity index (χ4n) is 5.54. The Kier molecular flexibility index (Phi) is 10.5. The molecular weight excluding hydrogens is 558 g/mol. The summed E-state index contributed by atoms with van der Waals surface area (Å²) in [6.45, 7) is 11.9. The molecule has 2 aromatic heterocycles. The number of rotatable bonds is 5. The molecule has 0 amide bonds. The summed E-state index contributed by atoms with van der Waals surface area (Å²) in [5, 5.41) is 7.70. The predicted molar refractivity (Wildman–Crippen MR) is 201 cm³/mol. The molecule has 2 heterocycles. The Balaban J connectivity index is 0.000000299. The third-order valence-corrected chi connectivity index (χ3v) is 7.84. The molecule has 0 aliphatic heterocycles. The van der Waals surface area contributed by atoms with Gasteiger partial charge in [-0.15, -0.1) is 0 Å². The van der Waals surface area contributed by atoms with Crippen molar-refractivity contribution in [2.45, 2.75) is 27.7 Å². The van der Waals surface area contributed by atoms with E-state index in [0.29, 0.717) is 5.92 Å². The molecule has 3 heteroatoms. The molecule has 3 nitrogen and oxygen atoms in total. The minimum atomic E-state index is 0.645. The lowest BCUT2D eigenvalue weighted by Crippen LogP contribution is -1.90. The number of pyridine rings is 2. The highest BCUT2D eigenvalue weighted by Gasteiger charge is 2.15. The summed E-state index contributed by atoms with van der Waals surface area (Å²) >= 11 is 0. The smallest absolute Gasteiger partial charge is 0.0708 e. The van der Waals surface area contributed by atoms with Crippen LogP contribution in [0.5, 0.6) is 0 Å². The van der Waals surface area contributed by atoms with E-state index in [4.69, 9.17) is 0 Å². The van der Waals surface area contributed by atoms with E-state index >= 15 is 0 Å². The maximum Gasteiger partial charge on any atom is 0.0708 e. The average Bonchev–Trinajstić information content (AvgIpc) is 3.11. The molecule has 7 aromatic rings. The van der Waals surface area contributed by atoms with Gasteiger partial charge in [-0.1, -0.05) is 117 Å². The maximum absolute atomic E-state index is 4.63. The first-order valence-corrected chi connectivity index (χ1v) is 15.7. The van der Waals surface area contributed by atoms with Crippen LogP contribution < -0.4 is 0 Å². The van der Waals surface area contributed by atoms with Crippen molar-refractivity contribution in [2.24, 2.45) is 10.9 Å². The monoisotopic (exact) mass is 599 g/mol. The Labute approximate surface area is 273 Å². The molecule has 0 bridgehead atoms. The summed E-state index contributed by atoms with van der Waals surface area (Å²) in [6, 6.07) is 37.0. The van der Waals surface area contributed by atoms with Crippen LogP contribution in [0.1, 0.15) is 27.7 Å². The second-order valence-electron chi connectivity index (χ2n) is 11.6. The molecule has 0 unspecified atom stereocenters. The van der Waals surface area contributed by atoms with Gasteiger partial charge >= 0.3 is 0 Å². The van der Waals surface area contributed by atoms with Crippen molar-refractivity contribution in [3.63, 3.8) is 0 Å². The van der Waals surface area contributed by atoms with Gasteiger partial charge in [0.25, 0.3) is 0 Å². The fourth-order valence-corrected chi connectivity index (χ4v) is 5.54. The number of aliphatic imine (C=N–C) groups is 1. The van der Waals surface area contributed by atoms with Crippen LogP contribution in [0.2, 0.25) is 0 Å². The van der Waals surface area contributed by atoms with E-state index in [0.717, 1.165) is 11.3 Å². The van der Waals surface area contributed by atoms with Gasteiger partial charge in [0.05, 0.1) is 5.69 Å². The lowest BCUT2D eigenvalue weighted by molar-refractivity contribution is 0.831. The van der Waals surface area contributed by atoms with Gasteiger partial charge in [0.2, 0.25) is 0 Å². The number of allylic oxidation sites excluding steroid dienone is 3. The first-order chi connectivity index (χ1) is 22.4. The van der Waals surface area contributed by atoms with Crippen LogP contribution in [0.25, 0.3) is 65.8 Å². The minimum Gasteiger partial charge on any atom is -0.301 e. The molecule has 0 aliphatic rings. The average molecular weight is 600 g/mol. The Bertz CT molecular complexity index is 2080. The SMILES string of the molecule is C=C(C)/C=C\C(C)C.CC=NC.c1ccc(-c2ccc3ccc4ccc(-c5ccc(-c6ccncc6)cc5)c5ccc2c3c45)nc1. The van der Waals surface area contributed by atoms with Gasteiger partial charge < -0.3 is 4.99 Å². The molecule has 0 N–H and O–H groups in total. The highest BCUT2D eigenvalue weighted by molar-refractivity contribution is 6.27. The van der Waals surface area contributed by atoms with Crippen LogP contribution in [0.4, 0.5) is 0 Å². The van der Waals surface area contributed by atoms with E-state index in [9.17, 15) is 0 Å². The van der Waals surface area contributed by atoms with E-state index in [2.05, 4.69) is 120 Å². The van der Waals surface area contributed by atoms with E-state index in [1.54, 1.807) is 13.3 Å². The third-order valence-electron chi connectivity index (χ3n) is 7.84. The van der Waals surface area contributed by atoms with Gasteiger partial charge in [-0.25, -0.2) is 0 Å². The van der Waals surface area contributed by atoms with Crippen molar-refractivity contribution in [3.8, 4) is 33.5 Å². The quantitative estimate of drug-likeness (QED) is 0.112. The molecule has 0 fully saturated rings. The molecule has 0 saturated heterocycles. The predicted octanol–water partition coefficient (Wildman–Crippen LogP) is 11.9. The zero-order valence-corrected chi connectivity index (χ0v) is 27.4. The summed E-state index contributed by atoms with van der Waals surface area (Å²) in [4.78, 5) is 12.4. The molecule has 7 rings (SSSR count). The summed E-state index contributed by atoms with van der Waals surface area (Å²) in [5.41, 5.74) is 8.16. The van der Waals surface area contributed by atoms with Crippen LogP contribution in [-0.2, 0) is 0 Å². The summed E-state index contributed by atoms with van der Waals surface area (Å²) in [7, 11) is 1.75. The van der Waals surface area contributed by atoms with Crippen LogP contribution in [0.15, 0.2) is 151 Å². The van der Waals surface area contributed by atoms with Crippen molar-refractivity contribution >= 4 is 38.5 Å². The van der Waals surface area contributed by atoms with Crippen molar-refractivity contribution < 1.29 is 0 Å². The highest BCUT2D eigenvalue weighted by Crippen LogP contribution is 2.42. The Morgan fingerprint density at radius 1 is 0.674 bits per heavy atom. The topological polar surface area (TPSA) is 38.1 Å². The lowest BCUT2D eigenvalue weighted by Gasteiger charge is -2.16. The number of aromatic nitrogens is 2. The Morgan fingerprint density at radius 2 is 1.22 bits per heavy atom. The Morgan fingerprint density at radius 3 is 1.74 bits per heavy atom. The van der Waals surface area contributed by atoms with Crippen LogP contribution in [0.3, 0.4) is 0 Å². The van der Waals surface area contributed by atoms with E-state index in [1.165, 1.54) is 60.1 Å². The summed E-state index contributed by atoms with van der Waals surface area (Å²) in [5.74, 6) is 0.645. The van der Waals surface area contributed by atoms with Crippen LogP contribution in [0, 0.1) is 5.92 Å². The first kappa shape index (κ1) is 32.0. The molecule has 0 spiro atoms. The molecule has 5 aromatic carbocycles. The second-order valence-corrected chi connectivity index (χ2v) is 11.6. The number of benzene rings is 5. The van der Waals surface area contributed by atoms with Crippen molar-refractivity contribution in [1.29, 1.82) is 0 Å². The first-order valence-electron chi connectivity index (χ1n) is 15.7. The Hall–Kier alpha value is -5.41. The van der Waals surface area contributed by atoms with Gasteiger partial charge in [0.1, 0.15) is 0 Å². The van der Waals surface area contributed by atoms with E-state index < -0.39 is 0 Å². The van der Waals surface area contributed by atoms with Crippen molar-refractivity contribution in [3.05, 3.63) is 146 Å². The highest BCUT2D eigenvalue weighted by atomic mass is 14.7. The van der Waals surface area contributed by atoms with Crippen LogP contribution in [-0.4, -0.2) is 23.2 Å². The zero-order chi connectivity index (χ0) is 32.5. The number of hydrogen-bond acceptors (Lipinski definition) is 3. The standard InChI is InChI=1S/C32H20N2.C8H14.C3H7N/c1-2-18-34-30(3-1)27-13-11-25-9-8-24-10-12-26(28-14-15-29(27)32(25)31(24)28)23-6-4-21(5-7-23)22-16-19-33-20-17-22;1-7(2)5-6-8(3)4;1-3-4-2/h1-20H;5-6,8H,1H2,2-4H3;3H,1-2H3/b;6-5-;. The fraction of sp³-hybridized carbons (Fsp3) is 0.140. The van der Waals surface area contributed by atoms with E-state index in [-0.39, 0.29) is 0 Å². The van der Waals surface area contributed by atoms with Gasteiger partial charge in [0.15, 0.2) is 0 Å². The van der Waals surface area contributed by atoms with Gasteiger partial charge in [0, 0.05) is 31.2 Å². The maximum atomic E-state index is 4.63. The zero-order valence-electron chi connectivity index (χ0n) is 27.4. The van der Waals surface area contributed by atoms with Crippen LogP contribution >= 0.6 is 0 Å². The molecule has 0 saturated carbocycles. The molecule has 0 radical (unpaired) electrons. The molecule has 228 valence electrons.